The maximum absolute atomic E-state index is 12.0. The first-order chi connectivity index (χ1) is 7.50. The summed E-state index contributed by atoms with van der Waals surface area (Å²) in [6, 6.07) is 5.52. The first-order valence-corrected chi connectivity index (χ1v) is 5.52. The summed E-state index contributed by atoms with van der Waals surface area (Å²) >= 11 is 0. The Hall–Kier alpha value is -1.35. The number of hydrogen-bond acceptors (Lipinski definition) is 3. The van der Waals surface area contributed by atoms with Crippen molar-refractivity contribution in [3.8, 4) is 5.75 Å². The van der Waals surface area contributed by atoms with Crippen LogP contribution in [0, 0.1) is 0 Å². The van der Waals surface area contributed by atoms with E-state index in [0.717, 1.165) is 18.4 Å². The summed E-state index contributed by atoms with van der Waals surface area (Å²) in [6.45, 7) is 3.64. The molecule has 0 amide bonds. The average molecular weight is 220 g/mol. The quantitative estimate of drug-likeness (QED) is 0.775. The number of Topliss-reactive ketones (excluding diaryl/α,β-unsaturated/α-hetero) is 1. The van der Waals surface area contributed by atoms with Crippen LogP contribution in [-0.2, 0) is 6.42 Å². The van der Waals surface area contributed by atoms with Crippen molar-refractivity contribution in [2.75, 3.05) is 6.61 Å². The second-order valence-corrected chi connectivity index (χ2v) is 4.63. The standard InChI is InChI=1S/C13H16O3/c1-13(2,15)12(14)10-7-3-5-9-6-4-8-16-11(9)10/h3,5,7,15H,4,6,8H2,1-2H3. The third-order valence-electron chi connectivity index (χ3n) is 2.73. The summed E-state index contributed by atoms with van der Waals surface area (Å²) in [7, 11) is 0. The fourth-order valence-corrected chi connectivity index (χ4v) is 1.90. The van der Waals surface area contributed by atoms with Gasteiger partial charge in [-0.05, 0) is 38.3 Å². The van der Waals surface area contributed by atoms with Crippen LogP contribution in [0.4, 0.5) is 0 Å². The molecule has 86 valence electrons. The van der Waals surface area contributed by atoms with Crippen LogP contribution in [0.15, 0.2) is 18.2 Å². The van der Waals surface area contributed by atoms with Gasteiger partial charge >= 0.3 is 0 Å². The zero-order valence-corrected chi connectivity index (χ0v) is 9.62. The number of aliphatic hydroxyl groups is 1. The first-order valence-electron chi connectivity index (χ1n) is 5.52. The van der Waals surface area contributed by atoms with Crippen molar-refractivity contribution >= 4 is 5.78 Å². The zero-order valence-electron chi connectivity index (χ0n) is 9.62. The van der Waals surface area contributed by atoms with E-state index in [9.17, 15) is 9.90 Å². The fraction of sp³-hybridized carbons (Fsp3) is 0.462. The van der Waals surface area contributed by atoms with Crippen LogP contribution in [0.5, 0.6) is 5.75 Å². The highest BCUT2D eigenvalue weighted by Gasteiger charge is 2.29. The number of aryl methyl sites for hydroxylation is 1. The number of hydrogen-bond donors (Lipinski definition) is 1. The Bertz CT molecular complexity index is 416. The van der Waals surface area contributed by atoms with Gasteiger partial charge in [0.05, 0.1) is 12.2 Å². The van der Waals surface area contributed by atoms with Gasteiger partial charge in [-0.1, -0.05) is 12.1 Å². The molecule has 1 aromatic rings. The molecule has 0 fully saturated rings. The Morgan fingerprint density at radius 1 is 1.44 bits per heavy atom. The molecule has 1 heterocycles. The van der Waals surface area contributed by atoms with Gasteiger partial charge in [0, 0.05) is 0 Å². The highest BCUT2D eigenvalue weighted by atomic mass is 16.5. The van der Waals surface area contributed by atoms with E-state index in [4.69, 9.17) is 4.74 Å². The molecule has 1 aliphatic heterocycles. The number of ether oxygens (including phenoxy) is 1. The van der Waals surface area contributed by atoms with Crippen LogP contribution in [0.1, 0.15) is 36.2 Å². The molecule has 3 heteroatoms. The second-order valence-electron chi connectivity index (χ2n) is 4.63. The number of rotatable bonds is 2. The Morgan fingerprint density at radius 2 is 2.19 bits per heavy atom. The molecule has 0 saturated carbocycles. The maximum atomic E-state index is 12.0. The van der Waals surface area contributed by atoms with E-state index in [1.54, 1.807) is 6.07 Å². The normalized spacial score (nSPS) is 15.2. The Labute approximate surface area is 95.0 Å². The number of fused-ring (bicyclic) bond motifs is 1. The summed E-state index contributed by atoms with van der Waals surface area (Å²) in [5, 5.41) is 9.74. The SMILES string of the molecule is CC(C)(O)C(=O)c1cccc2c1OCCC2. The van der Waals surface area contributed by atoms with E-state index in [-0.39, 0.29) is 5.78 Å². The van der Waals surface area contributed by atoms with Crippen LogP contribution >= 0.6 is 0 Å². The van der Waals surface area contributed by atoms with Crippen LogP contribution in [0.25, 0.3) is 0 Å². The minimum absolute atomic E-state index is 0.286. The molecule has 3 nitrogen and oxygen atoms in total. The number of para-hydroxylation sites is 1. The van der Waals surface area contributed by atoms with Gasteiger partial charge in [0.2, 0.25) is 0 Å². The third-order valence-corrected chi connectivity index (χ3v) is 2.73. The molecule has 0 aromatic heterocycles. The van der Waals surface area contributed by atoms with E-state index in [2.05, 4.69) is 0 Å². The topological polar surface area (TPSA) is 46.5 Å². The van der Waals surface area contributed by atoms with Crippen molar-refractivity contribution in [3.63, 3.8) is 0 Å². The predicted molar refractivity (Wildman–Crippen MR) is 60.9 cm³/mol. The smallest absolute Gasteiger partial charge is 0.197 e. The molecule has 0 unspecified atom stereocenters. The van der Waals surface area contributed by atoms with Gasteiger partial charge in [0.15, 0.2) is 5.78 Å². The predicted octanol–water partition coefficient (Wildman–Crippen LogP) is 1.97. The molecule has 1 aromatic carbocycles. The molecular formula is C13H16O3. The Balaban J connectivity index is 2.46. The zero-order chi connectivity index (χ0) is 11.8. The van der Waals surface area contributed by atoms with Crippen molar-refractivity contribution in [1.82, 2.24) is 0 Å². The monoisotopic (exact) mass is 220 g/mol. The molecule has 0 aliphatic carbocycles. The minimum atomic E-state index is -1.35. The highest BCUT2D eigenvalue weighted by molar-refractivity contribution is 6.04. The largest absolute Gasteiger partial charge is 0.493 e. The average Bonchev–Trinajstić information content (AvgIpc) is 2.26. The minimum Gasteiger partial charge on any atom is -0.493 e. The number of benzene rings is 1. The first kappa shape index (κ1) is 11.1. The van der Waals surface area contributed by atoms with Gasteiger partial charge in [-0.25, -0.2) is 0 Å². The van der Waals surface area contributed by atoms with Crippen molar-refractivity contribution in [2.45, 2.75) is 32.3 Å². The van der Waals surface area contributed by atoms with E-state index < -0.39 is 5.60 Å². The summed E-state index contributed by atoms with van der Waals surface area (Å²) in [4.78, 5) is 12.0. The molecule has 0 radical (unpaired) electrons. The van der Waals surface area contributed by atoms with Gasteiger partial charge in [0.25, 0.3) is 0 Å². The van der Waals surface area contributed by atoms with Crippen molar-refractivity contribution in [2.24, 2.45) is 0 Å². The maximum Gasteiger partial charge on any atom is 0.197 e. The van der Waals surface area contributed by atoms with E-state index in [1.807, 2.05) is 12.1 Å². The third kappa shape index (κ3) is 1.95. The molecule has 0 saturated heterocycles. The van der Waals surface area contributed by atoms with Crippen molar-refractivity contribution in [3.05, 3.63) is 29.3 Å². The Kier molecular flexibility index (Phi) is 2.72. The summed E-state index contributed by atoms with van der Waals surface area (Å²) in [6.07, 6.45) is 1.91. The van der Waals surface area contributed by atoms with Crippen molar-refractivity contribution < 1.29 is 14.6 Å². The number of ketones is 1. The Morgan fingerprint density at radius 3 is 2.88 bits per heavy atom. The molecule has 1 aliphatic rings. The van der Waals surface area contributed by atoms with E-state index in [0.29, 0.717) is 17.9 Å². The lowest BCUT2D eigenvalue weighted by molar-refractivity contribution is 0.0483. The number of carbonyl (C=O) groups is 1. The fourth-order valence-electron chi connectivity index (χ4n) is 1.90. The van der Waals surface area contributed by atoms with Gasteiger partial charge in [0.1, 0.15) is 11.4 Å². The van der Waals surface area contributed by atoms with Gasteiger partial charge in [-0.2, -0.15) is 0 Å². The highest BCUT2D eigenvalue weighted by Crippen LogP contribution is 2.31. The summed E-state index contributed by atoms with van der Waals surface area (Å²) in [5.74, 6) is 0.368. The molecule has 0 atom stereocenters. The molecule has 0 bridgehead atoms. The lowest BCUT2D eigenvalue weighted by Crippen LogP contribution is -2.32. The molecule has 0 spiro atoms. The van der Waals surface area contributed by atoms with Crippen LogP contribution in [0.3, 0.4) is 0 Å². The lowest BCUT2D eigenvalue weighted by atomic mass is 9.93. The molecule has 1 N–H and O–H groups in total. The van der Waals surface area contributed by atoms with E-state index in [1.165, 1.54) is 13.8 Å². The molecular weight excluding hydrogens is 204 g/mol. The van der Waals surface area contributed by atoms with Crippen LogP contribution < -0.4 is 4.74 Å². The van der Waals surface area contributed by atoms with E-state index >= 15 is 0 Å². The lowest BCUT2D eigenvalue weighted by Gasteiger charge is -2.22. The van der Waals surface area contributed by atoms with Crippen LogP contribution in [-0.4, -0.2) is 23.1 Å². The van der Waals surface area contributed by atoms with Crippen molar-refractivity contribution in [1.29, 1.82) is 0 Å². The molecule has 2 rings (SSSR count). The van der Waals surface area contributed by atoms with Gasteiger partial charge in [-0.15, -0.1) is 0 Å². The second kappa shape index (κ2) is 3.91. The van der Waals surface area contributed by atoms with Crippen LogP contribution in [0.2, 0.25) is 0 Å². The summed E-state index contributed by atoms with van der Waals surface area (Å²) < 4.78 is 5.54. The van der Waals surface area contributed by atoms with Gasteiger partial charge in [-0.3, -0.25) is 4.79 Å². The summed E-state index contributed by atoms with van der Waals surface area (Å²) in [5.41, 5.74) is 0.196. The van der Waals surface area contributed by atoms with Gasteiger partial charge < -0.3 is 9.84 Å². The number of carbonyl (C=O) groups excluding carboxylic acids is 1. The molecule has 16 heavy (non-hydrogen) atoms.